The largest absolute Gasteiger partial charge is 0.493 e. The minimum atomic E-state index is -0.262. The third-order valence-electron chi connectivity index (χ3n) is 10.4. The Morgan fingerprint density at radius 3 is 2.00 bits per heavy atom. The number of methoxy groups -OCH3 is 2. The molecule has 5 aromatic rings. The van der Waals surface area contributed by atoms with Crippen LogP contribution in [0.25, 0.3) is 0 Å². The molecule has 1 heterocycles. The number of hydrogen-bond donors (Lipinski definition) is 1. The molecule has 5 aromatic carbocycles. The van der Waals surface area contributed by atoms with Crippen LogP contribution in [-0.2, 0) is 23.1 Å². The fraction of sp³-hybridized carbons (Fsp3) is 0.311. The van der Waals surface area contributed by atoms with Crippen molar-refractivity contribution >= 4 is 5.91 Å². The van der Waals surface area contributed by atoms with Gasteiger partial charge in [-0.2, -0.15) is 0 Å². The summed E-state index contributed by atoms with van der Waals surface area (Å²) in [6.07, 6.45) is 5.64. The van der Waals surface area contributed by atoms with Crippen molar-refractivity contribution in [1.29, 1.82) is 0 Å². The Labute approximate surface area is 302 Å². The van der Waals surface area contributed by atoms with Crippen LogP contribution in [0.5, 0.6) is 11.5 Å². The molecule has 51 heavy (non-hydrogen) atoms. The van der Waals surface area contributed by atoms with Gasteiger partial charge in [0.25, 0.3) is 0 Å². The van der Waals surface area contributed by atoms with Crippen LogP contribution in [0.15, 0.2) is 127 Å². The summed E-state index contributed by atoms with van der Waals surface area (Å²) in [7, 11) is 3.40. The summed E-state index contributed by atoms with van der Waals surface area (Å²) in [6.45, 7) is 2.50. The van der Waals surface area contributed by atoms with Crippen molar-refractivity contribution in [1.82, 2.24) is 10.2 Å². The fourth-order valence-electron chi connectivity index (χ4n) is 7.85. The van der Waals surface area contributed by atoms with E-state index in [0.29, 0.717) is 19.4 Å². The second kappa shape index (κ2) is 17.3. The molecule has 0 spiro atoms. The Hall–Kier alpha value is -4.94. The first-order chi connectivity index (χ1) is 25.0. The highest BCUT2D eigenvalue weighted by molar-refractivity contribution is 5.76. The molecule has 0 aliphatic carbocycles. The first-order valence-electron chi connectivity index (χ1n) is 18.2. The number of nitrogens with zero attached hydrogens (tertiary/aromatic N) is 1. The summed E-state index contributed by atoms with van der Waals surface area (Å²) >= 11 is 0. The van der Waals surface area contributed by atoms with E-state index in [-0.39, 0.29) is 23.2 Å². The number of aryl methyl sites for hydroxylation is 1. The number of carbonyl (C=O) groups is 1. The van der Waals surface area contributed by atoms with Gasteiger partial charge in [-0.15, -0.1) is 0 Å². The average molecular weight is 685 g/mol. The third kappa shape index (κ3) is 8.69. The van der Waals surface area contributed by atoms with Crippen molar-refractivity contribution in [3.05, 3.63) is 167 Å². The highest BCUT2D eigenvalue weighted by atomic mass is 19.1. The number of carbonyl (C=O) groups excluding carboxylic acids is 1. The zero-order chi connectivity index (χ0) is 35.5. The molecule has 1 aliphatic heterocycles. The second-order valence-corrected chi connectivity index (χ2v) is 13.5. The predicted molar refractivity (Wildman–Crippen MR) is 203 cm³/mol. The minimum absolute atomic E-state index is 0.0240. The molecule has 0 saturated carbocycles. The maximum absolute atomic E-state index is 13.3. The molecule has 0 radical (unpaired) electrons. The molecule has 1 amide bonds. The van der Waals surface area contributed by atoms with Crippen LogP contribution >= 0.6 is 0 Å². The zero-order valence-corrected chi connectivity index (χ0v) is 29.8. The topological polar surface area (TPSA) is 50.8 Å². The fourth-order valence-corrected chi connectivity index (χ4v) is 7.85. The van der Waals surface area contributed by atoms with Gasteiger partial charge in [0, 0.05) is 24.9 Å². The first kappa shape index (κ1) is 35.9. The SMILES string of the molecule is COc1cc2c(cc1OC)C(c1ccccc1)N(CCCC(CCCNC(=O)CCc1ccc(F)cc1)(c1ccccc1)c1ccccc1)CC2. The van der Waals surface area contributed by atoms with Crippen LogP contribution < -0.4 is 14.8 Å². The van der Waals surface area contributed by atoms with Crippen molar-refractivity contribution < 1.29 is 18.7 Å². The number of fused-ring (bicyclic) bond motifs is 1. The lowest BCUT2D eigenvalue weighted by molar-refractivity contribution is -0.121. The normalized spacial score (nSPS) is 14.5. The third-order valence-corrected chi connectivity index (χ3v) is 10.4. The number of rotatable bonds is 16. The molecule has 1 aliphatic rings. The average Bonchev–Trinajstić information content (AvgIpc) is 3.18. The molecule has 1 unspecified atom stereocenters. The number of halogens is 1. The van der Waals surface area contributed by atoms with Crippen molar-refractivity contribution in [2.75, 3.05) is 33.9 Å². The molecule has 1 atom stereocenters. The van der Waals surface area contributed by atoms with E-state index in [1.165, 1.54) is 39.9 Å². The van der Waals surface area contributed by atoms with Crippen LogP contribution in [0, 0.1) is 5.82 Å². The molecule has 5 nitrogen and oxygen atoms in total. The van der Waals surface area contributed by atoms with Gasteiger partial charge in [-0.1, -0.05) is 103 Å². The zero-order valence-electron chi connectivity index (χ0n) is 29.8. The number of hydrogen-bond acceptors (Lipinski definition) is 4. The van der Waals surface area contributed by atoms with Gasteiger partial charge in [-0.05, 0) is 103 Å². The molecular weight excluding hydrogens is 636 g/mol. The Morgan fingerprint density at radius 1 is 0.784 bits per heavy atom. The summed E-state index contributed by atoms with van der Waals surface area (Å²) < 4.78 is 24.7. The van der Waals surface area contributed by atoms with Gasteiger partial charge in [-0.25, -0.2) is 4.39 Å². The minimum Gasteiger partial charge on any atom is -0.493 e. The van der Waals surface area contributed by atoms with Gasteiger partial charge in [-0.3, -0.25) is 9.69 Å². The number of benzene rings is 5. The molecule has 6 heteroatoms. The van der Waals surface area contributed by atoms with Crippen LogP contribution in [0.4, 0.5) is 4.39 Å². The van der Waals surface area contributed by atoms with E-state index in [1.54, 1.807) is 26.4 Å². The van der Waals surface area contributed by atoms with E-state index >= 15 is 0 Å². The molecule has 0 bridgehead atoms. The lowest BCUT2D eigenvalue weighted by atomic mass is 9.68. The molecule has 0 fully saturated rings. The van der Waals surface area contributed by atoms with Crippen LogP contribution in [0.2, 0.25) is 0 Å². The Morgan fingerprint density at radius 2 is 1.37 bits per heavy atom. The summed E-state index contributed by atoms with van der Waals surface area (Å²) in [4.78, 5) is 15.4. The highest BCUT2D eigenvalue weighted by Crippen LogP contribution is 2.43. The molecule has 1 N–H and O–H groups in total. The van der Waals surface area contributed by atoms with Crippen molar-refractivity contribution in [2.45, 2.75) is 56.4 Å². The predicted octanol–water partition coefficient (Wildman–Crippen LogP) is 9.09. The second-order valence-electron chi connectivity index (χ2n) is 13.5. The number of amides is 1. The maximum atomic E-state index is 13.3. The Balaban J connectivity index is 1.20. The van der Waals surface area contributed by atoms with Crippen LogP contribution in [-0.4, -0.2) is 44.7 Å². The lowest BCUT2D eigenvalue weighted by Gasteiger charge is -2.40. The Kier molecular flexibility index (Phi) is 12.2. The number of ether oxygens (including phenoxy) is 2. The molecular formula is C45H49FN2O3. The van der Waals surface area contributed by atoms with Gasteiger partial charge in [0.05, 0.1) is 20.3 Å². The van der Waals surface area contributed by atoms with Crippen LogP contribution in [0.3, 0.4) is 0 Å². The van der Waals surface area contributed by atoms with Crippen LogP contribution in [0.1, 0.15) is 71.5 Å². The van der Waals surface area contributed by atoms with Crippen molar-refractivity contribution in [3.8, 4) is 11.5 Å². The van der Waals surface area contributed by atoms with Crippen molar-refractivity contribution in [2.24, 2.45) is 0 Å². The van der Waals surface area contributed by atoms with Crippen molar-refractivity contribution in [3.63, 3.8) is 0 Å². The monoisotopic (exact) mass is 684 g/mol. The smallest absolute Gasteiger partial charge is 0.220 e. The van der Waals surface area contributed by atoms with Gasteiger partial charge in [0.1, 0.15) is 5.82 Å². The standard InChI is InChI=1S/C45H49FN2O3/c1-50-41-32-36-26-31-48(44(35-14-6-3-7-15-35)40(36)33-42(41)51-2)30-13-28-45(37-16-8-4-9-17-37,38-18-10-5-11-19-38)27-12-29-47-43(49)25-22-34-20-23-39(46)24-21-34/h3-11,14-21,23-24,32-33,44H,12-13,22,25-31H2,1-2H3,(H,47,49). The quantitative estimate of drug-likeness (QED) is 0.105. The number of nitrogens with one attached hydrogen (secondary N) is 1. The molecule has 264 valence electrons. The van der Waals surface area contributed by atoms with Gasteiger partial charge in [0.15, 0.2) is 11.5 Å². The van der Waals surface area contributed by atoms with Gasteiger partial charge < -0.3 is 14.8 Å². The van der Waals surface area contributed by atoms with E-state index in [9.17, 15) is 9.18 Å². The highest BCUT2D eigenvalue weighted by Gasteiger charge is 2.35. The van der Waals surface area contributed by atoms with Gasteiger partial charge in [0.2, 0.25) is 5.91 Å². The maximum Gasteiger partial charge on any atom is 0.220 e. The summed E-state index contributed by atoms with van der Waals surface area (Å²) in [5.74, 6) is 1.29. The summed E-state index contributed by atoms with van der Waals surface area (Å²) in [5, 5.41) is 3.16. The van der Waals surface area contributed by atoms with E-state index < -0.39 is 0 Å². The van der Waals surface area contributed by atoms with E-state index in [1.807, 2.05) is 0 Å². The van der Waals surface area contributed by atoms with E-state index in [2.05, 4.69) is 113 Å². The van der Waals surface area contributed by atoms with E-state index in [4.69, 9.17) is 9.47 Å². The molecule has 0 aromatic heterocycles. The molecule has 6 rings (SSSR count). The first-order valence-corrected chi connectivity index (χ1v) is 18.2. The molecule has 0 saturated heterocycles. The summed E-state index contributed by atoms with van der Waals surface area (Å²) in [5.41, 5.74) is 7.22. The van der Waals surface area contributed by atoms with E-state index in [0.717, 1.165) is 62.3 Å². The lowest BCUT2D eigenvalue weighted by Crippen LogP contribution is -2.38. The van der Waals surface area contributed by atoms with Gasteiger partial charge >= 0.3 is 0 Å². The summed E-state index contributed by atoms with van der Waals surface area (Å²) in [6, 6.07) is 43.4. The Bertz CT molecular complexity index is 1790.